The van der Waals surface area contributed by atoms with Gasteiger partial charge in [0.2, 0.25) is 0 Å². The van der Waals surface area contributed by atoms with Gasteiger partial charge in [-0.15, -0.1) is 0 Å². The minimum absolute atomic E-state index is 0.0325. The Morgan fingerprint density at radius 1 is 0.861 bits per heavy atom. The largest absolute Gasteiger partial charge is 0.497 e. The molecule has 192 valence electrons. The maximum atomic E-state index is 13.2. The van der Waals surface area contributed by atoms with Gasteiger partial charge in [0.15, 0.2) is 0 Å². The molecule has 0 atom stereocenters. The van der Waals surface area contributed by atoms with E-state index in [4.69, 9.17) is 4.74 Å². The van der Waals surface area contributed by atoms with Crippen LogP contribution in [0.1, 0.15) is 45.5 Å². The summed E-state index contributed by atoms with van der Waals surface area (Å²) in [4.78, 5) is 30.1. The second kappa shape index (κ2) is 8.69. The van der Waals surface area contributed by atoms with Crippen molar-refractivity contribution in [1.82, 2.24) is 15.5 Å². The van der Waals surface area contributed by atoms with E-state index < -0.39 is 23.2 Å². The van der Waals surface area contributed by atoms with E-state index in [0.717, 1.165) is 44.0 Å². The van der Waals surface area contributed by atoms with E-state index in [1.165, 1.54) is 13.2 Å². The van der Waals surface area contributed by atoms with Gasteiger partial charge in [-0.2, -0.15) is 13.2 Å². The van der Waals surface area contributed by atoms with Crippen molar-refractivity contribution in [3.8, 4) is 5.75 Å². The van der Waals surface area contributed by atoms with Crippen LogP contribution in [0.4, 0.5) is 18.9 Å². The highest BCUT2D eigenvalue weighted by atomic mass is 19.4. The van der Waals surface area contributed by atoms with Crippen molar-refractivity contribution >= 4 is 17.5 Å². The third kappa shape index (κ3) is 4.61. The fourth-order valence-corrected chi connectivity index (χ4v) is 5.58. The molecule has 7 nitrogen and oxygen atoms in total. The Hall–Kier alpha value is -3.27. The quantitative estimate of drug-likeness (QED) is 0.634. The number of benzene rings is 2. The summed E-state index contributed by atoms with van der Waals surface area (Å²) in [6.07, 6.45) is -2.94. The average molecular weight is 503 g/mol. The lowest BCUT2D eigenvalue weighted by Gasteiger charge is -2.70. The number of carbonyl (C=O) groups excluding carboxylic acids is 2. The van der Waals surface area contributed by atoms with Crippen molar-refractivity contribution in [3.63, 3.8) is 0 Å². The van der Waals surface area contributed by atoms with Crippen molar-refractivity contribution in [2.45, 2.75) is 36.5 Å². The number of likely N-dealkylation sites (N-methyl/N-ethyl adjacent to an activating group) is 1. The highest BCUT2D eigenvalue weighted by Crippen LogP contribution is 2.60. The smallest absolute Gasteiger partial charge is 0.416 e. The number of methoxy groups -OCH3 is 1. The molecule has 0 aromatic heterocycles. The summed E-state index contributed by atoms with van der Waals surface area (Å²) in [5.74, 6) is -0.782. The standard InChI is InChI=1S/C26H29F3N4O3/c1-32-7-9-33(10-8-32)20-5-3-17(4-6-20)22(34)30-24-14-25(15-24,16-24)31-23(35)18-11-19(26(27,28)29)13-21(12-18)36-2/h3-6,11-13H,7-10,14-16H2,1-2H3,(H,30,34)(H,31,35). The van der Waals surface area contributed by atoms with Crippen LogP contribution in [0.15, 0.2) is 42.5 Å². The number of amides is 2. The summed E-state index contributed by atoms with van der Waals surface area (Å²) in [7, 11) is 3.36. The lowest BCUT2D eigenvalue weighted by Crippen LogP contribution is -2.83. The molecule has 2 bridgehead atoms. The zero-order chi connectivity index (χ0) is 25.7. The van der Waals surface area contributed by atoms with Gasteiger partial charge in [0.1, 0.15) is 5.75 Å². The normalized spacial score (nSPS) is 25.4. The van der Waals surface area contributed by atoms with E-state index in [2.05, 4.69) is 27.5 Å². The maximum absolute atomic E-state index is 13.2. The van der Waals surface area contributed by atoms with Gasteiger partial charge in [0, 0.05) is 54.1 Å². The summed E-state index contributed by atoms with van der Waals surface area (Å²) < 4.78 is 44.5. The number of anilines is 1. The number of alkyl halides is 3. The fourth-order valence-electron chi connectivity index (χ4n) is 5.58. The fraction of sp³-hybridized carbons (Fsp3) is 0.462. The third-order valence-corrected chi connectivity index (χ3v) is 7.52. The summed E-state index contributed by atoms with van der Waals surface area (Å²) >= 11 is 0. The maximum Gasteiger partial charge on any atom is 0.416 e. The van der Waals surface area contributed by atoms with Crippen LogP contribution in [0.3, 0.4) is 0 Å². The SMILES string of the molecule is COc1cc(C(=O)NC23CC(NC(=O)c4ccc(N5CCN(C)CC5)cc4)(C2)C3)cc(C(F)(F)F)c1. The lowest BCUT2D eigenvalue weighted by molar-refractivity contribution is -0.137. The van der Waals surface area contributed by atoms with Gasteiger partial charge < -0.3 is 25.2 Å². The first-order valence-electron chi connectivity index (χ1n) is 11.9. The number of carbonyl (C=O) groups is 2. The predicted molar refractivity (Wildman–Crippen MR) is 128 cm³/mol. The molecule has 2 amide bonds. The topological polar surface area (TPSA) is 73.9 Å². The Morgan fingerprint density at radius 2 is 1.42 bits per heavy atom. The molecule has 0 radical (unpaired) electrons. The first kappa shape index (κ1) is 24.4. The first-order chi connectivity index (χ1) is 17.0. The molecule has 2 N–H and O–H groups in total. The van der Waals surface area contributed by atoms with E-state index in [0.29, 0.717) is 24.8 Å². The number of halogens is 3. The Bertz CT molecular complexity index is 1150. The molecule has 0 spiro atoms. The number of piperazine rings is 1. The molecule has 0 unspecified atom stereocenters. The van der Waals surface area contributed by atoms with Crippen LogP contribution < -0.4 is 20.3 Å². The predicted octanol–water partition coefficient (Wildman–Crippen LogP) is 3.30. The number of hydrogen-bond donors (Lipinski definition) is 2. The molecule has 2 aromatic rings. The molecule has 4 fully saturated rings. The number of rotatable bonds is 6. The van der Waals surface area contributed by atoms with Crippen molar-refractivity contribution in [3.05, 3.63) is 59.2 Å². The molecule has 3 saturated carbocycles. The summed E-state index contributed by atoms with van der Waals surface area (Å²) in [6.45, 7) is 3.91. The Morgan fingerprint density at radius 3 is 1.94 bits per heavy atom. The van der Waals surface area contributed by atoms with Crippen molar-refractivity contribution in [1.29, 1.82) is 0 Å². The molecule has 1 heterocycles. The Labute approximate surface area is 207 Å². The van der Waals surface area contributed by atoms with Crippen molar-refractivity contribution in [2.24, 2.45) is 0 Å². The number of nitrogens with zero attached hydrogens (tertiary/aromatic N) is 2. The van der Waals surface area contributed by atoms with E-state index in [9.17, 15) is 22.8 Å². The van der Waals surface area contributed by atoms with Gasteiger partial charge in [-0.1, -0.05) is 0 Å². The summed E-state index contributed by atoms with van der Waals surface area (Å²) in [5, 5.41) is 5.95. The van der Waals surface area contributed by atoms with E-state index in [1.807, 2.05) is 24.3 Å². The van der Waals surface area contributed by atoms with Gasteiger partial charge in [0.05, 0.1) is 12.7 Å². The highest BCUT2D eigenvalue weighted by molar-refractivity contribution is 5.97. The van der Waals surface area contributed by atoms with Crippen molar-refractivity contribution < 1.29 is 27.5 Å². The monoisotopic (exact) mass is 502 g/mol. The minimum Gasteiger partial charge on any atom is -0.497 e. The van der Waals surface area contributed by atoms with E-state index in [1.54, 1.807) is 0 Å². The Kier molecular flexibility index (Phi) is 5.89. The van der Waals surface area contributed by atoms with Crippen LogP contribution >= 0.6 is 0 Å². The Balaban J connectivity index is 1.16. The first-order valence-corrected chi connectivity index (χ1v) is 11.9. The van der Waals surface area contributed by atoms with Crippen LogP contribution in [0.2, 0.25) is 0 Å². The van der Waals surface area contributed by atoms with Crippen LogP contribution in [0.25, 0.3) is 0 Å². The van der Waals surface area contributed by atoms with Gasteiger partial charge in [0.25, 0.3) is 11.8 Å². The molecule has 6 rings (SSSR count). The molecule has 1 aliphatic heterocycles. The van der Waals surface area contributed by atoms with Crippen molar-refractivity contribution in [2.75, 3.05) is 45.2 Å². The van der Waals surface area contributed by atoms with Gasteiger partial charge in [-0.05, 0) is 68.8 Å². The molecule has 4 aliphatic rings. The summed E-state index contributed by atoms with van der Waals surface area (Å²) in [6, 6.07) is 10.6. The molecule has 1 saturated heterocycles. The zero-order valence-electron chi connectivity index (χ0n) is 20.2. The van der Waals surface area contributed by atoms with E-state index in [-0.39, 0.29) is 22.8 Å². The third-order valence-electron chi connectivity index (χ3n) is 7.52. The molecular formula is C26H29F3N4O3. The molecule has 3 aliphatic carbocycles. The lowest BCUT2D eigenvalue weighted by atomic mass is 9.44. The highest BCUT2D eigenvalue weighted by Gasteiger charge is 2.69. The summed E-state index contributed by atoms with van der Waals surface area (Å²) in [5.41, 5.74) is -0.259. The van der Waals surface area contributed by atoms with Crippen LogP contribution in [0.5, 0.6) is 5.75 Å². The second-order valence-electron chi connectivity index (χ2n) is 10.3. The van der Waals surface area contributed by atoms with Crippen LogP contribution in [0, 0.1) is 0 Å². The average Bonchev–Trinajstić information content (AvgIpc) is 2.81. The number of ether oxygens (including phenoxy) is 1. The molecule has 36 heavy (non-hydrogen) atoms. The second-order valence-corrected chi connectivity index (χ2v) is 10.3. The van der Waals surface area contributed by atoms with Crippen LogP contribution in [-0.2, 0) is 6.18 Å². The number of nitrogens with one attached hydrogen (secondary N) is 2. The molecular weight excluding hydrogens is 473 g/mol. The zero-order valence-corrected chi connectivity index (χ0v) is 20.2. The van der Waals surface area contributed by atoms with Gasteiger partial charge in [-0.3, -0.25) is 9.59 Å². The van der Waals surface area contributed by atoms with Crippen LogP contribution in [-0.4, -0.2) is 68.1 Å². The molecule has 10 heteroatoms. The van der Waals surface area contributed by atoms with E-state index >= 15 is 0 Å². The van der Waals surface area contributed by atoms with Gasteiger partial charge in [-0.25, -0.2) is 0 Å². The van der Waals surface area contributed by atoms with Gasteiger partial charge >= 0.3 is 6.18 Å². The number of hydrogen-bond acceptors (Lipinski definition) is 5. The molecule has 2 aromatic carbocycles. The minimum atomic E-state index is -4.59.